The van der Waals surface area contributed by atoms with Crippen LogP contribution in [-0.4, -0.2) is 27.0 Å². The van der Waals surface area contributed by atoms with Crippen LogP contribution in [0.2, 0.25) is 0 Å². The second kappa shape index (κ2) is 7.76. The first-order valence-corrected chi connectivity index (χ1v) is 11.8. The molecule has 1 saturated carbocycles. The molecule has 0 saturated heterocycles. The standard InChI is InChI=1S/C23H26N2O4S/c1-12-6-9-16-18(10-12)30-19(20(16)22-24-21(25-29-22)13-7-8-13)11-17(26)14-4-2-3-5-15(14)23(27)28/h12-13H,2-11H2,1H3,(H,27,28)/t12-/m1/s1. The lowest BCUT2D eigenvalue weighted by molar-refractivity contribution is -0.133. The number of nitrogens with zero attached hydrogens (tertiary/aromatic N) is 2. The number of Topliss-reactive ketones (excluding diaryl/α,β-unsaturated/α-hetero) is 1. The summed E-state index contributed by atoms with van der Waals surface area (Å²) in [6.07, 6.45) is 8.26. The zero-order chi connectivity index (χ0) is 20.8. The summed E-state index contributed by atoms with van der Waals surface area (Å²) in [5.41, 5.74) is 3.01. The molecule has 3 aliphatic rings. The van der Waals surface area contributed by atoms with E-state index in [-0.39, 0.29) is 12.2 Å². The number of hydrogen-bond donors (Lipinski definition) is 1. The fourth-order valence-corrected chi connectivity index (χ4v) is 6.23. The first kappa shape index (κ1) is 19.7. The number of carbonyl (C=O) groups is 2. The lowest BCUT2D eigenvalue weighted by atomic mass is 9.86. The van der Waals surface area contributed by atoms with Crippen LogP contribution >= 0.6 is 11.3 Å². The Balaban J connectivity index is 1.52. The van der Waals surface area contributed by atoms with Crippen molar-refractivity contribution < 1.29 is 19.2 Å². The SMILES string of the molecule is C[C@@H]1CCc2c(sc(CC(=O)C3=C(C(=O)O)CCCC3)c2-c2nc(C3CC3)no2)C1. The Bertz CT molecular complexity index is 1040. The predicted octanol–water partition coefficient (Wildman–Crippen LogP) is 4.87. The van der Waals surface area contributed by atoms with Gasteiger partial charge in [-0.05, 0) is 69.3 Å². The fourth-order valence-electron chi connectivity index (χ4n) is 4.73. The van der Waals surface area contributed by atoms with Crippen molar-refractivity contribution in [2.45, 2.75) is 77.0 Å². The quantitative estimate of drug-likeness (QED) is 0.708. The number of carbonyl (C=O) groups excluding carboxylic acids is 1. The molecule has 1 N–H and O–H groups in total. The van der Waals surface area contributed by atoms with Gasteiger partial charge in [-0.25, -0.2) is 4.79 Å². The molecule has 1 atom stereocenters. The Labute approximate surface area is 179 Å². The molecule has 0 spiro atoms. The van der Waals surface area contributed by atoms with Gasteiger partial charge in [-0.1, -0.05) is 12.1 Å². The van der Waals surface area contributed by atoms with Gasteiger partial charge < -0.3 is 9.63 Å². The van der Waals surface area contributed by atoms with Crippen molar-refractivity contribution in [1.29, 1.82) is 0 Å². The molecule has 158 valence electrons. The number of hydrogen-bond acceptors (Lipinski definition) is 6. The van der Waals surface area contributed by atoms with Gasteiger partial charge in [0.1, 0.15) is 0 Å². The van der Waals surface area contributed by atoms with Gasteiger partial charge in [0, 0.05) is 33.2 Å². The highest BCUT2D eigenvalue weighted by atomic mass is 32.1. The Morgan fingerprint density at radius 1 is 1.13 bits per heavy atom. The van der Waals surface area contributed by atoms with E-state index < -0.39 is 5.97 Å². The molecule has 6 nitrogen and oxygen atoms in total. The number of carboxylic acid groups (broad SMARTS) is 1. The summed E-state index contributed by atoms with van der Waals surface area (Å²) < 4.78 is 5.66. The highest BCUT2D eigenvalue weighted by Crippen LogP contribution is 2.44. The molecule has 0 radical (unpaired) electrons. The third kappa shape index (κ3) is 3.64. The van der Waals surface area contributed by atoms with Crippen LogP contribution in [-0.2, 0) is 28.9 Å². The molecule has 3 aliphatic carbocycles. The molecular weight excluding hydrogens is 400 g/mol. The molecule has 2 aromatic heterocycles. The summed E-state index contributed by atoms with van der Waals surface area (Å²) in [6, 6.07) is 0. The molecule has 30 heavy (non-hydrogen) atoms. The van der Waals surface area contributed by atoms with E-state index in [1.807, 2.05) is 0 Å². The molecule has 0 bridgehead atoms. The highest BCUT2D eigenvalue weighted by molar-refractivity contribution is 7.12. The number of aromatic nitrogens is 2. The average Bonchev–Trinajstić information content (AvgIpc) is 3.36. The highest BCUT2D eigenvalue weighted by Gasteiger charge is 2.33. The van der Waals surface area contributed by atoms with Gasteiger partial charge in [0.15, 0.2) is 11.6 Å². The molecule has 0 unspecified atom stereocenters. The predicted molar refractivity (Wildman–Crippen MR) is 113 cm³/mol. The van der Waals surface area contributed by atoms with Gasteiger partial charge in [0.2, 0.25) is 0 Å². The second-order valence-electron chi connectivity index (χ2n) is 8.95. The minimum absolute atomic E-state index is 0.0677. The van der Waals surface area contributed by atoms with E-state index >= 15 is 0 Å². The summed E-state index contributed by atoms with van der Waals surface area (Å²) >= 11 is 1.68. The van der Waals surface area contributed by atoms with Gasteiger partial charge >= 0.3 is 5.97 Å². The van der Waals surface area contributed by atoms with Crippen LogP contribution in [0, 0.1) is 5.92 Å². The maximum atomic E-state index is 13.2. The van der Waals surface area contributed by atoms with E-state index in [1.54, 1.807) is 11.3 Å². The molecule has 0 aliphatic heterocycles. The zero-order valence-electron chi connectivity index (χ0n) is 17.2. The molecule has 5 rings (SSSR count). The zero-order valence-corrected chi connectivity index (χ0v) is 18.0. The maximum absolute atomic E-state index is 13.2. The van der Waals surface area contributed by atoms with E-state index in [2.05, 4.69) is 17.1 Å². The summed E-state index contributed by atoms with van der Waals surface area (Å²) in [5.74, 6) is 1.31. The number of ketones is 1. The summed E-state index contributed by atoms with van der Waals surface area (Å²) in [4.78, 5) is 31.8. The van der Waals surface area contributed by atoms with Crippen molar-refractivity contribution >= 4 is 23.1 Å². The second-order valence-corrected chi connectivity index (χ2v) is 10.1. The van der Waals surface area contributed by atoms with Gasteiger partial charge in [-0.15, -0.1) is 11.3 Å². The fraction of sp³-hybridized carbons (Fsp3) is 0.565. The van der Waals surface area contributed by atoms with Crippen LogP contribution in [0.15, 0.2) is 15.7 Å². The lowest BCUT2D eigenvalue weighted by Crippen LogP contribution is -2.17. The van der Waals surface area contributed by atoms with Crippen LogP contribution < -0.4 is 0 Å². The molecule has 1 fully saturated rings. The smallest absolute Gasteiger partial charge is 0.331 e. The topological polar surface area (TPSA) is 93.3 Å². The van der Waals surface area contributed by atoms with Gasteiger partial charge in [-0.3, -0.25) is 4.79 Å². The maximum Gasteiger partial charge on any atom is 0.331 e. The van der Waals surface area contributed by atoms with Gasteiger partial charge in [0.05, 0.1) is 5.56 Å². The Kier molecular flexibility index (Phi) is 5.09. The van der Waals surface area contributed by atoms with Crippen LogP contribution in [0.4, 0.5) is 0 Å². The third-order valence-electron chi connectivity index (χ3n) is 6.57. The van der Waals surface area contributed by atoms with Crippen molar-refractivity contribution in [2.24, 2.45) is 5.92 Å². The van der Waals surface area contributed by atoms with Crippen LogP contribution in [0.1, 0.15) is 78.9 Å². The number of allylic oxidation sites excluding steroid dienone is 1. The van der Waals surface area contributed by atoms with Crippen molar-refractivity contribution in [3.8, 4) is 11.5 Å². The largest absolute Gasteiger partial charge is 0.478 e. The number of aliphatic carboxylic acids is 1. The number of fused-ring (bicyclic) bond motifs is 1. The lowest BCUT2D eigenvalue weighted by Gasteiger charge is -2.18. The van der Waals surface area contributed by atoms with Gasteiger partial charge in [-0.2, -0.15) is 4.98 Å². The monoisotopic (exact) mass is 426 g/mol. The Morgan fingerprint density at radius 3 is 2.63 bits per heavy atom. The summed E-state index contributed by atoms with van der Waals surface area (Å²) in [6.45, 7) is 2.26. The minimum Gasteiger partial charge on any atom is -0.478 e. The molecule has 2 heterocycles. The molecule has 7 heteroatoms. The Morgan fingerprint density at radius 2 is 1.90 bits per heavy atom. The number of rotatable bonds is 6. The van der Waals surface area contributed by atoms with Crippen molar-refractivity contribution in [2.75, 3.05) is 0 Å². The minimum atomic E-state index is -0.955. The molecule has 2 aromatic rings. The van der Waals surface area contributed by atoms with Gasteiger partial charge in [0.25, 0.3) is 5.89 Å². The van der Waals surface area contributed by atoms with Crippen molar-refractivity contribution in [1.82, 2.24) is 10.1 Å². The molecule has 0 amide bonds. The Hall–Kier alpha value is -2.28. The van der Waals surface area contributed by atoms with Crippen molar-refractivity contribution in [3.05, 3.63) is 32.3 Å². The van der Waals surface area contributed by atoms with Crippen molar-refractivity contribution in [3.63, 3.8) is 0 Å². The van der Waals surface area contributed by atoms with E-state index in [0.29, 0.717) is 41.7 Å². The normalized spacial score (nSPS) is 21.6. The summed E-state index contributed by atoms with van der Waals surface area (Å²) in [7, 11) is 0. The molecule has 0 aromatic carbocycles. The van der Waals surface area contributed by atoms with Crippen LogP contribution in [0.5, 0.6) is 0 Å². The third-order valence-corrected chi connectivity index (χ3v) is 7.82. The number of thiophene rings is 1. The van der Waals surface area contributed by atoms with E-state index in [0.717, 1.165) is 61.2 Å². The van der Waals surface area contributed by atoms with E-state index in [4.69, 9.17) is 4.52 Å². The van der Waals surface area contributed by atoms with Crippen LogP contribution in [0.3, 0.4) is 0 Å². The van der Waals surface area contributed by atoms with E-state index in [1.165, 1.54) is 10.4 Å². The number of carboxylic acids is 1. The van der Waals surface area contributed by atoms with Crippen LogP contribution in [0.25, 0.3) is 11.5 Å². The first-order chi connectivity index (χ1) is 14.5. The average molecular weight is 427 g/mol. The summed E-state index contributed by atoms with van der Waals surface area (Å²) in [5, 5.41) is 13.7. The molecular formula is C23H26N2O4S. The van der Waals surface area contributed by atoms with E-state index in [9.17, 15) is 14.7 Å². The first-order valence-electron chi connectivity index (χ1n) is 11.0.